The molecule has 4 heteroatoms. The Hall–Kier alpha value is -0.640. The molecule has 18 heavy (non-hydrogen) atoms. The van der Waals surface area contributed by atoms with Gasteiger partial charge in [-0.15, -0.1) is 0 Å². The molecule has 0 aromatic heterocycles. The second-order valence-electron chi connectivity index (χ2n) is 6.08. The molecule has 0 heterocycles. The summed E-state index contributed by atoms with van der Waals surface area (Å²) in [5.41, 5.74) is 5.29. The van der Waals surface area contributed by atoms with E-state index in [0.717, 1.165) is 44.4 Å². The molecule has 0 spiro atoms. The summed E-state index contributed by atoms with van der Waals surface area (Å²) in [6.45, 7) is 2.28. The smallest absolute Gasteiger partial charge is 0.233 e. The van der Waals surface area contributed by atoms with Crippen LogP contribution in [0.15, 0.2) is 0 Å². The van der Waals surface area contributed by atoms with Crippen molar-refractivity contribution in [2.45, 2.75) is 64.3 Å². The summed E-state index contributed by atoms with van der Waals surface area (Å²) in [6, 6.07) is 0.334. The molecule has 0 atom stereocenters. The summed E-state index contributed by atoms with van der Waals surface area (Å²) in [4.78, 5) is 12.9. The van der Waals surface area contributed by atoms with E-state index in [1.54, 1.807) is 0 Å². The summed E-state index contributed by atoms with van der Waals surface area (Å²) < 4.78 is 0. The summed E-state index contributed by atoms with van der Waals surface area (Å²) in [7, 11) is 0. The first-order chi connectivity index (χ1) is 8.54. The van der Waals surface area contributed by atoms with E-state index in [4.69, 9.17) is 18.0 Å². The molecule has 1 amide bonds. The number of hydrogen-bond donors (Lipinski definition) is 2. The third-order valence-electron chi connectivity index (χ3n) is 4.71. The maximum Gasteiger partial charge on any atom is 0.233 e. The Kier molecular flexibility index (Phi) is 4.25. The first-order valence-corrected chi connectivity index (χ1v) is 7.56. The van der Waals surface area contributed by atoms with Crippen LogP contribution < -0.4 is 11.1 Å². The number of carbonyl (C=O) groups is 1. The highest BCUT2D eigenvalue weighted by molar-refractivity contribution is 7.80. The molecule has 0 bridgehead atoms. The maximum atomic E-state index is 12.5. The molecule has 0 aliphatic heterocycles. The second kappa shape index (κ2) is 5.55. The molecule has 2 rings (SSSR count). The van der Waals surface area contributed by atoms with E-state index in [1.807, 2.05) is 0 Å². The predicted octanol–water partition coefficient (Wildman–Crippen LogP) is 2.53. The van der Waals surface area contributed by atoms with Crippen LogP contribution in [0.3, 0.4) is 0 Å². The van der Waals surface area contributed by atoms with Gasteiger partial charge in [-0.2, -0.15) is 0 Å². The van der Waals surface area contributed by atoms with Crippen molar-refractivity contribution in [1.82, 2.24) is 5.32 Å². The van der Waals surface area contributed by atoms with E-state index in [0.29, 0.717) is 11.0 Å². The van der Waals surface area contributed by atoms with Crippen molar-refractivity contribution < 1.29 is 4.79 Å². The lowest BCUT2D eigenvalue weighted by Crippen LogP contribution is -2.50. The number of nitrogens with two attached hydrogens (primary N) is 1. The molecular weight excluding hydrogens is 244 g/mol. The molecule has 2 saturated carbocycles. The van der Waals surface area contributed by atoms with Gasteiger partial charge < -0.3 is 11.1 Å². The SMILES string of the molecule is CC1CCC(NC(=O)C2(C(N)=S)CCCC2)CC1. The fraction of sp³-hybridized carbons (Fsp3) is 0.857. The van der Waals surface area contributed by atoms with Gasteiger partial charge >= 0.3 is 0 Å². The summed E-state index contributed by atoms with van der Waals surface area (Å²) in [6.07, 6.45) is 8.41. The van der Waals surface area contributed by atoms with E-state index < -0.39 is 5.41 Å². The van der Waals surface area contributed by atoms with Crippen LogP contribution in [0.5, 0.6) is 0 Å². The normalized spacial score (nSPS) is 30.9. The zero-order valence-corrected chi connectivity index (χ0v) is 12.0. The van der Waals surface area contributed by atoms with Gasteiger partial charge in [0, 0.05) is 6.04 Å². The monoisotopic (exact) mass is 268 g/mol. The van der Waals surface area contributed by atoms with Crippen LogP contribution in [-0.4, -0.2) is 16.9 Å². The molecule has 102 valence electrons. The highest BCUT2D eigenvalue weighted by Crippen LogP contribution is 2.39. The van der Waals surface area contributed by atoms with Crippen molar-refractivity contribution in [2.24, 2.45) is 17.1 Å². The Morgan fingerprint density at radius 1 is 1.22 bits per heavy atom. The summed E-state index contributed by atoms with van der Waals surface area (Å²) >= 11 is 5.15. The van der Waals surface area contributed by atoms with Crippen LogP contribution in [0.25, 0.3) is 0 Å². The van der Waals surface area contributed by atoms with Crippen LogP contribution in [0.4, 0.5) is 0 Å². The highest BCUT2D eigenvalue weighted by atomic mass is 32.1. The molecule has 2 aliphatic carbocycles. The Morgan fingerprint density at radius 2 is 1.78 bits per heavy atom. The van der Waals surface area contributed by atoms with Crippen LogP contribution >= 0.6 is 12.2 Å². The van der Waals surface area contributed by atoms with Gasteiger partial charge in [-0.05, 0) is 44.4 Å². The first-order valence-electron chi connectivity index (χ1n) is 7.15. The predicted molar refractivity (Wildman–Crippen MR) is 77.2 cm³/mol. The number of thiocarbonyl (C=S) groups is 1. The zero-order valence-electron chi connectivity index (χ0n) is 11.2. The largest absolute Gasteiger partial charge is 0.392 e. The summed E-state index contributed by atoms with van der Waals surface area (Å²) in [5, 5.41) is 3.20. The summed E-state index contributed by atoms with van der Waals surface area (Å²) in [5.74, 6) is 0.890. The van der Waals surface area contributed by atoms with Crippen molar-refractivity contribution in [3.8, 4) is 0 Å². The van der Waals surface area contributed by atoms with Gasteiger partial charge in [0.25, 0.3) is 0 Å². The van der Waals surface area contributed by atoms with E-state index in [9.17, 15) is 4.79 Å². The van der Waals surface area contributed by atoms with Crippen molar-refractivity contribution in [2.75, 3.05) is 0 Å². The lowest BCUT2D eigenvalue weighted by molar-refractivity contribution is -0.128. The fourth-order valence-corrected chi connectivity index (χ4v) is 3.59. The number of hydrogen-bond acceptors (Lipinski definition) is 2. The van der Waals surface area contributed by atoms with Gasteiger partial charge in [0.2, 0.25) is 5.91 Å². The molecule has 0 radical (unpaired) electrons. The molecular formula is C14H24N2OS. The van der Waals surface area contributed by atoms with Crippen molar-refractivity contribution in [3.63, 3.8) is 0 Å². The maximum absolute atomic E-state index is 12.5. The first kappa shape index (κ1) is 13.8. The van der Waals surface area contributed by atoms with Crippen LogP contribution in [0, 0.1) is 11.3 Å². The van der Waals surface area contributed by atoms with Crippen LogP contribution in [-0.2, 0) is 4.79 Å². The van der Waals surface area contributed by atoms with Crippen molar-refractivity contribution in [1.29, 1.82) is 0 Å². The standard InChI is InChI=1S/C14H24N2OS/c1-10-4-6-11(7-5-10)16-13(17)14(12(15)18)8-2-3-9-14/h10-11H,2-9H2,1H3,(H2,15,18)(H,16,17). The van der Waals surface area contributed by atoms with Gasteiger partial charge in [0.1, 0.15) is 0 Å². The van der Waals surface area contributed by atoms with Gasteiger partial charge in [0.15, 0.2) is 0 Å². The lowest BCUT2D eigenvalue weighted by atomic mass is 9.83. The molecule has 2 fully saturated rings. The number of amides is 1. The molecule has 3 nitrogen and oxygen atoms in total. The lowest BCUT2D eigenvalue weighted by Gasteiger charge is -2.32. The van der Waals surface area contributed by atoms with Gasteiger partial charge in [0.05, 0.1) is 10.4 Å². The van der Waals surface area contributed by atoms with E-state index in [1.165, 1.54) is 12.8 Å². The molecule has 0 unspecified atom stereocenters. The number of rotatable bonds is 3. The minimum absolute atomic E-state index is 0.0899. The van der Waals surface area contributed by atoms with E-state index in [-0.39, 0.29) is 5.91 Å². The molecule has 0 saturated heterocycles. The Labute approximate surface area is 115 Å². The molecule has 0 aromatic rings. The molecule has 3 N–H and O–H groups in total. The highest BCUT2D eigenvalue weighted by Gasteiger charge is 2.44. The van der Waals surface area contributed by atoms with Gasteiger partial charge in [-0.25, -0.2) is 0 Å². The Morgan fingerprint density at radius 3 is 2.28 bits per heavy atom. The quantitative estimate of drug-likeness (QED) is 0.773. The van der Waals surface area contributed by atoms with Crippen molar-refractivity contribution in [3.05, 3.63) is 0 Å². The third kappa shape index (κ3) is 2.68. The van der Waals surface area contributed by atoms with E-state index >= 15 is 0 Å². The zero-order chi connectivity index (χ0) is 13.2. The average Bonchev–Trinajstić information content (AvgIpc) is 2.82. The van der Waals surface area contributed by atoms with Crippen LogP contribution in [0.2, 0.25) is 0 Å². The fourth-order valence-electron chi connectivity index (χ4n) is 3.29. The second-order valence-corrected chi connectivity index (χ2v) is 6.52. The topological polar surface area (TPSA) is 55.1 Å². The van der Waals surface area contributed by atoms with E-state index in [2.05, 4.69) is 12.2 Å². The van der Waals surface area contributed by atoms with Gasteiger partial charge in [-0.3, -0.25) is 4.79 Å². The molecule has 2 aliphatic rings. The number of carbonyl (C=O) groups excluding carboxylic acids is 1. The van der Waals surface area contributed by atoms with Crippen molar-refractivity contribution >= 4 is 23.1 Å². The minimum Gasteiger partial charge on any atom is -0.392 e. The Balaban J connectivity index is 1.96. The van der Waals surface area contributed by atoms with Crippen LogP contribution in [0.1, 0.15) is 58.3 Å². The van der Waals surface area contributed by atoms with Gasteiger partial charge in [-0.1, -0.05) is 32.0 Å². The minimum atomic E-state index is -0.543. The number of nitrogens with one attached hydrogen (secondary N) is 1. The Bertz CT molecular complexity index is 329. The average molecular weight is 268 g/mol. The third-order valence-corrected chi connectivity index (χ3v) is 5.11. The molecule has 0 aromatic carbocycles.